The number of hydrogen-bond donors (Lipinski definition) is 0. The van der Waals surface area contributed by atoms with Gasteiger partial charge in [0.1, 0.15) is 0 Å². The average Bonchev–Trinajstić information content (AvgIpc) is 3.08. The molecule has 0 amide bonds. The second-order valence-corrected chi connectivity index (χ2v) is 5.59. The van der Waals surface area contributed by atoms with Crippen LogP contribution in [0.3, 0.4) is 0 Å². The van der Waals surface area contributed by atoms with E-state index in [1.54, 1.807) is 18.2 Å². The second kappa shape index (κ2) is 7.61. The van der Waals surface area contributed by atoms with E-state index in [1.165, 1.54) is 31.4 Å². The number of hydrogen-bond acceptors (Lipinski definition) is 5. The molecule has 1 aliphatic heterocycles. The van der Waals surface area contributed by atoms with Gasteiger partial charge in [-0.1, -0.05) is 17.7 Å². The highest BCUT2D eigenvalue weighted by molar-refractivity contribution is 6.32. The van der Waals surface area contributed by atoms with Gasteiger partial charge >= 0.3 is 6.61 Å². The Kier molecular flexibility index (Phi) is 5.27. The maximum absolute atomic E-state index is 12.4. The lowest BCUT2D eigenvalue weighted by molar-refractivity contribution is -0.0511. The van der Waals surface area contributed by atoms with Gasteiger partial charge in [-0.05, 0) is 42.0 Å². The fourth-order valence-corrected chi connectivity index (χ4v) is 2.62. The summed E-state index contributed by atoms with van der Waals surface area (Å²) in [6.45, 7) is -2.91. The number of carbonyl (C=O) groups is 1. The molecule has 5 nitrogen and oxygen atoms in total. The number of allylic oxidation sites excluding steroid dienone is 1. The van der Waals surface area contributed by atoms with Crippen molar-refractivity contribution in [2.45, 2.75) is 6.61 Å². The zero-order valence-corrected chi connectivity index (χ0v) is 14.3. The molecule has 136 valence electrons. The van der Waals surface area contributed by atoms with Crippen molar-refractivity contribution in [1.29, 1.82) is 0 Å². The van der Waals surface area contributed by atoms with Crippen LogP contribution in [-0.2, 0) is 0 Å². The van der Waals surface area contributed by atoms with Gasteiger partial charge < -0.3 is 18.9 Å². The van der Waals surface area contributed by atoms with Gasteiger partial charge in [-0.15, -0.1) is 0 Å². The largest absolute Gasteiger partial charge is 0.493 e. The van der Waals surface area contributed by atoms with E-state index in [4.69, 9.17) is 25.8 Å². The van der Waals surface area contributed by atoms with Crippen molar-refractivity contribution in [2.75, 3.05) is 13.9 Å². The number of carbonyl (C=O) groups excluding carboxylic acids is 1. The highest BCUT2D eigenvalue weighted by Crippen LogP contribution is 2.38. The molecule has 0 fully saturated rings. The lowest BCUT2D eigenvalue weighted by atomic mass is 10.1. The minimum absolute atomic E-state index is 0.0352. The van der Waals surface area contributed by atoms with Gasteiger partial charge in [-0.3, -0.25) is 4.79 Å². The van der Waals surface area contributed by atoms with Crippen molar-refractivity contribution >= 4 is 23.5 Å². The zero-order valence-electron chi connectivity index (χ0n) is 13.5. The van der Waals surface area contributed by atoms with Crippen molar-refractivity contribution in [1.82, 2.24) is 0 Å². The number of methoxy groups -OCH3 is 1. The van der Waals surface area contributed by atoms with E-state index in [-0.39, 0.29) is 29.1 Å². The summed E-state index contributed by atoms with van der Waals surface area (Å²) < 4.78 is 44.7. The van der Waals surface area contributed by atoms with Gasteiger partial charge in [0.15, 0.2) is 28.8 Å². The third-order valence-corrected chi connectivity index (χ3v) is 3.82. The molecule has 0 atom stereocenters. The number of halogens is 3. The Morgan fingerprint density at radius 2 is 2.00 bits per heavy atom. The van der Waals surface area contributed by atoms with E-state index in [0.29, 0.717) is 22.6 Å². The summed E-state index contributed by atoms with van der Waals surface area (Å²) in [6.07, 6.45) is 2.82. The summed E-state index contributed by atoms with van der Waals surface area (Å²) in [6, 6.07) is 7.69. The normalized spacial score (nSPS) is 12.7. The van der Waals surface area contributed by atoms with Crippen LogP contribution in [0.5, 0.6) is 23.0 Å². The minimum Gasteiger partial charge on any atom is -0.493 e. The maximum atomic E-state index is 12.4. The molecule has 8 heteroatoms. The van der Waals surface area contributed by atoms with Gasteiger partial charge in [0.05, 0.1) is 12.1 Å². The summed E-state index contributed by atoms with van der Waals surface area (Å²) in [7, 11) is 1.30. The topological polar surface area (TPSA) is 54.0 Å². The molecule has 2 aromatic carbocycles. The predicted octanol–water partition coefficient (Wildman–Crippen LogP) is 4.57. The highest BCUT2D eigenvalue weighted by Gasteiger charge is 2.17. The molecule has 0 unspecified atom stereocenters. The van der Waals surface area contributed by atoms with Gasteiger partial charge in [0.25, 0.3) is 0 Å². The van der Waals surface area contributed by atoms with Crippen molar-refractivity contribution in [3.05, 3.63) is 52.6 Å². The van der Waals surface area contributed by atoms with E-state index in [2.05, 4.69) is 4.74 Å². The van der Waals surface area contributed by atoms with Crippen LogP contribution in [0.15, 0.2) is 36.4 Å². The van der Waals surface area contributed by atoms with Crippen LogP contribution in [0, 0.1) is 0 Å². The molecule has 2 aromatic rings. The highest BCUT2D eigenvalue weighted by atomic mass is 35.5. The van der Waals surface area contributed by atoms with Crippen molar-refractivity contribution < 1.29 is 32.5 Å². The van der Waals surface area contributed by atoms with E-state index in [1.807, 2.05) is 0 Å². The molecule has 1 heterocycles. The van der Waals surface area contributed by atoms with Crippen LogP contribution in [-0.4, -0.2) is 26.3 Å². The number of benzene rings is 2. The molecule has 0 aromatic heterocycles. The molecule has 26 heavy (non-hydrogen) atoms. The number of fused-ring (bicyclic) bond motifs is 1. The molecule has 1 aliphatic rings. The Bertz CT molecular complexity index is 867. The van der Waals surface area contributed by atoms with E-state index >= 15 is 0 Å². The Morgan fingerprint density at radius 3 is 2.73 bits per heavy atom. The SMILES string of the molecule is COc1cc(C=CC(=O)c2ccc3c(c2)OCO3)cc(Cl)c1OC(F)F. The van der Waals surface area contributed by atoms with Gasteiger partial charge in [0.2, 0.25) is 6.79 Å². The molecule has 0 bridgehead atoms. The summed E-state index contributed by atoms with van der Waals surface area (Å²) >= 11 is 5.97. The van der Waals surface area contributed by atoms with E-state index in [9.17, 15) is 13.6 Å². The first-order valence-corrected chi connectivity index (χ1v) is 7.80. The lowest BCUT2D eigenvalue weighted by Gasteiger charge is -2.12. The Balaban J connectivity index is 1.81. The Labute approximate surface area is 152 Å². The Hall–Kier alpha value is -2.80. The van der Waals surface area contributed by atoms with Crippen molar-refractivity contribution in [3.8, 4) is 23.0 Å². The third kappa shape index (κ3) is 3.88. The molecular weight excluding hydrogens is 370 g/mol. The standard InChI is InChI=1S/C18H13ClF2O5/c1-23-16-7-10(6-12(19)17(16)26-18(20)21)2-4-13(22)11-3-5-14-15(8-11)25-9-24-14/h2-8,18H,9H2,1H3. The number of alkyl halides is 2. The van der Waals surface area contributed by atoms with Crippen molar-refractivity contribution in [2.24, 2.45) is 0 Å². The first-order chi connectivity index (χ1) is 12.5. The quantitative estimate of drug-likeness (QED) is 0.541. The summed E-state index contributed by atoms with van der Waals surface area (Å²) in [5.74, 6) is 0.585. The Morgan fingerprint density at radius 1 is 1.23 bits per heavy atom. The number of rotatable bonds is 6. The van der Waals surface area contributed by atoms with Crippen LogP contribution in [0.1, 0.15) is 15.9 Å². The molecule has 0 spiro atoms. The zero-order chi connectivity index (χ0) is 18.7. The van der Waals surface area contributed by atoms with Gasteiger partial charge in [-0.2, -0.15) is 8.78 Å². The molecule has 0 N–H and O–H groups in total. The first kappa shape index (κ1) is 18.0. The van der Waals surface area contributed by atoms with E-state index < -0.39 is 6.61 Å². The van der Waals surface area contributed by atoms with Gasteiger partial charge in [0, 0.05) is 5.56 Å². The van der Waals surface area contributed by atoms with Crippen LogP contribution in [0.2, 0.25) is 5.02 Å². The molecule has 3 rings (SSSR count). The minimum atomic E-state index is -3.03. The lowest BCUT2D eigenvalue weighted by Crippen LogP contribution is -2.04. The van der Waals surface area contributed by atoms with Crippen LogP contribution in [0.25, 0.3) is 6.08 Å². The number of ketones is 1. The fraction of sp³-hybridized carbons (Fsp3) is 0.167. The molecule has 0 saturated heterocycles. The van der Waals surface area contributed by atoms with E-state index in [0.717, 1.165) is 0 Å². The fourth-order valence-electron chi connectivity index (χ4n) is 2.36. The molecule has 0 saturated carbocycles. The summed E-state index contributed by atoms with van der Waals surface area (Å²) in [4.78, 5) is 12.3. The van der Waals surface area contributed by atoms with Crippen LogP contribution in [0.4, 0.5) is 8.78 Å². The average molecular weight is 383 g/mol. The van der Waals surface area contributed by atoms with Crippen LogP contribution < -0.4 is 18.9 Å². The smallest absolute Gasteiger partial charge is 0.387 e. The third-order valence-electron chi connectivity index (χ3n) is 3.54. The molecular formula is C18H13ClF2O5. The molecule has 0 radical (unpaired) electrons. The van der Waals surface area contributed by atoms with Gasteiger partial charge in [-0.25, -0.2) is 0 Å². The second-order valence-electron chi connectivity index (χ2n) is 5.18. The number of ether oxygens (including phenoxy) is 4. The molecule has 0 aliphatic carbocycles. The summed E-state index contributed by atoms with van der Waals surface area (Å²) in [5, 5.41) is -0.0557. The monoisotopic (exact) mass is 382 g/mol. The van der Waals surface area contributed by atoms with Crippen LogP contribution >= 0.6 is 11.6 Å². The van der Waals surface area contributed by atoms with Crippen molar-refractivity contribution in [3.63, 3.8) is 0 Å². The predicted molar refractivity (Wildman–Crippen MR) is 90.6 cm³/mol. The first-order valence-electron chi connectivity index (χ1n) is 7.42. The maximum Gasteiger partial charge on any atom is 0.387 e. The summed E-state index contributed by atoms with van der Waals surface area (Å²) in [5.41, 5.74) is 0.906.